The van der Waals surface area contributed by atoms with E-state index in [4.69, 9.17) is 0 Å². The van der Waals surface area contributed by atoms with Gasteiger partial charge >= 0.3 is 0 Å². The van der Waals surface area contributed by atoms with Crippen LogP contribution >= 0.6 is 23.1 Å². The largest absolute Gasteiger partial charge is 0.310 e. The van der Waals surface area contributed by atoms with E-state index in [1.807, 2.05) is 6.92 Å². The van der Waals surface area contributed by atoms with E-state index in [1.165, 1.54) is 10.5 Å². The van der Waals surface area contributed by atoms with Gasteiger partial charge in [0, 0.05) is 10.9 Å². The quantitative estimate of drug-likeness (QED) is 0.871. The van der Waals surface area contributed by atoms with E-state index >= 15 is 0 Å². The molecule has 0 aliphatic heterocycles. The van der Waals surface area contributed by atoms with Crippen molar-refractivity contribution < 1.29 is 0 Å². The molecule has 1 aromatic carbocycles. The van der Waals surface area contributed by atoms with Gasteiger partial charge in [0.1, 0.15) is 5.01 Å². The lowest BCUT2D eigenvalue weighted by molar-refractivity contribution is 0.537. The smallest absolute Gasteiger partial charge is 0.179 e. The fourth-order valence-corrected chi connectivity index (χ4v) is 3.72. The summed E-state index contributed by atoms with van der Waals surface area (Å²) in [4.78, 5) is 1.21. The summed E-state index contributed by atoms with van der Waals surface area (Å²) < 4.78 is 1.00. The number of hydrogen-bond acceptors (Lipinski definition) is 5. The second-order valence-electron chi connectivity index (χ2n) is 4.28. The normalized spacial score (nSPS) is 12.6. The Bertz CT molecular complexity index is 508. The van der Waals surface area contributed by atoms with Crippen molar-refractivity contribution in [3.05, 3.63) is 34.8 Å². The summed E-state index contributed by atoms with van der Waals surface area (Å²) in [6.45, 7) is 7.33. The number of aryl methyl sites for hydroxylation is 1. The number of nitrogens with one attached hydrogen (secondary N) is 1. The molecule has 1 N–H and O–H groups in total. The summed E-state index contributed by atoms with van der Waals surface area (Å²) in [5, 5.41) is 12.7. The molecule has 0 bridgehead atoms. The van der Waals surface area contributed by atoms with E-state index in [9.17, 15) is 0 Å². The van der Waals surface area contributed by atoms with Gasteiger partial charge in [0.25, 0.3) is 0 Å². The standard InChI is InChI=1S/C14H19N3S2/c1-4-13(15-5-2)11-6-8-12(9-7-11)19-14-17-16-10(3)18-14/h6-9,13,15H,4-5H2,1-3H3. The van der Waals surface area contributed by atoms with Crippen LogP contribution in [0.3, 0.4) is 0 Å². The SMILES string of the molecule is CCNC(CC)c1ccc(Sc2nnc(C)s2)cc1. The number of hydrogen-bond donors (Lipinski definition) is 1. The van der Waals surface area contributed by atoms with Gasteiger partial charge < -0.3 is 5.32 Å². The monoisotopic (exact) mass is 293 g/mol. The highest BCUT2D eigenvalue weighted by molar-refractivity contribution is 8.01. The molecule has 0 fully saturated rings. The molecule has 1 heterocycles. The lowest BCUT2D eigenvalue weighted by Crippen LogP contribution is -2.19. The van der Waals surface area contributed by atoms with Crippen LogP contribution in [0.4, 0.5) is 0 Å². The summed E-state index contributed by atoms with van der Waals surface area (Å²) >= 11 is 3.31. The van der Waals surface area contributed by atoms with E-state index in [0.717, 1.165) is 22.3 Å². The molecule has 0 aliphatic carbocycles. The topological polar surface area (TPSA) is 37.8 Å². The Morgan fingerprint density at radius 2 is 1.95 bits per heavy atom. The van der Waals surface area contributed by atoms with E-state index in [-0.39, 0.29) is 0 Å². The van der Waals surface area contributed by atoms with Crippen molar-refractivity contribution in [2.45, 2.75) is 42.5 Å². The molecule has 0 spiro atoms. The molecule has 102 valence electrons. The van der Waals surface area contributed by atoms with Gasteiger partial charge in [-0.2, -0.15) is 0 Å². The first kappa shape index (κ1) is 14.5. The molecule has 1 unspecified atom stereocenters. The molecule has 0 aliphatic rings. The van der Waals surface area contributed by atoms with Gasteiger partial charge in [-0.1, -0.05) is 49.1 Å². The van der Waals surface area contributed by atoms with Gasteiger partial charge in [0.05, 0.1) is 0 Å². The Morgan fingerprint density at radius 1 is 1.21 bits per heavy atom. The fourth-order valence-electron chi connectivity index (χ4n) is 1.93. The van der Waals surface area contributed by atoms with Crippen LogP contribution in [-0.4, -0.2) is 16.7 Å². The van der Waals surface area contributed by atoms with Crippen LogP contribution in [0.15, 0.2) is 33.5 Å². The van der Waals surface area contributed by atoms with Crippen molar-refractivity contribution in [2.24, 2.45) is 0 Å². The minimum absolute atomic E-state index is 0.452. The second kappa shape index (κ2) is 7.03. The summed E-state index contributed by atoms with van der Waals surface area (Å²) in [7, 11) is 0. The fraction of sp³-hybridized carbons (Fsp3) is 0.429. The van der Waals surface area contributed by atoms with Gasteiger partial charge in [0.15, 0.2) is 4.34 Å². The molecule has 0 saturated carbocycles. The maximum absolute atomic E-state index is 4.13. The zero-order valence-electron chi connectivity index (χ0n) is 11.5. The van der Waals surface area contributed by atoms with E-state index in [0.29, 0.717) is 6.04 Å². The van der Waals surface area contributed by atoms with Gasteiger partial charge in [-0.3, -0.25) is 0 Å². The summed E-state index contributed by atoms with van der Waals surface area (Å²) in [6, 6.07) is 9.18. The predicted octanol–water partition coefficient (Wildman–Crippen LogP) is 4.06. The highest BCUT2D eigenvalue weighted by Gasteiger charge is 2.08. The third-order valence-corrected chi connectivity index (χ3v) is 4.75. The van der Waals surface area contributed by atoms with E-state index in [1.54, 1.807) is 23.1 Å². The first-order valence-electron chi connectivity index (χ1n) is 6.54. The van der Waals surface area contributed by atoms with Gasteiger partial charge in [-0.25, -0.2) is 0 Å². The molecule has 19 heavy (non-hydrogen) atoms. The molecule has 2 aromatic rings. The Hall–Kier alpha value is -0.910. The first-order chi connectivity index (χ1) is 9.22. The van der Waals surface area contributed by atoms with Gasteiger partial charge in [0.2, 0.25) is 0 Å². The first-order valence-corrected chi connectivity index (χ1v) is 8.17. The summed E-state index contributed by atoms with van der Waals surface area (Å²) in [6.07, 6.45) is 1.11. The van der Waals surface area contributed by atoms with Crippen LogP contribution in [0.5, 0.6) is 0 Å². The molecule has 1 aromatic heterocycles. The lowest BCUT2D eigenvalue weighted by Gasteiger charge is -2.16. The molecular formula is C14H19N3S2. The van der Waals surface area contributed by atoms with Crippen molar-refractivity contribution in [3.63, 3.8) is 0 Å². The highest BCUT2D eigenvalue weighted by atomic mass is 32.2. The maximum atomic E-state index is 4.13. The van der Waals surface area contributed by atoms with Crippen molar-refractivity contribution >= 4 is 23.1 Å². The van der Waals surface area contributed by atoms with E-state index in [2.05, 4.69) is 53.6 Å². The average Bonchev–Trinajstić information content (AvgIpc) is 2.82. The molecule has 0 amide bonds. The Morgan fingerprint density at radius 3 is 2.47 bits per heavy atom. The van der Waals surface area contributed by atoms with Crippen LogP contribution in [0.25, 0.3) is 0 Å². The van der Waals surface area contributed by atoms with Crippen LogP contribution in [0.2, 0.25) is 0 Å². The van der Waals surface area contributed by atoms with Crippen molar-refractivity contribution in [1.29, 1.82) is 0 Å². The number of nitrogens with zero attached hydrogens (tertiary/aromatic N) is 2. The summed E-state index contributed by atoms with van der Waals surface area (Å²) in [5.74, 6) is 0. The molecule has 1 atom stereocenters. The zero-order valence-corrected chi connectivity index (χ0v) is 13.1. The van der Waals surface area contributed by atoms with Crippen LogP contribution in [0, 0.1) is 6.92 Å². The van der Waals surface area contributed by atoms with Gasteiger partial charge in [-0.05, 0) is 37.6 Å². The minimum Gasteiger partial charge on any atom is -0.310 e. The number of benzene rings is 1. The third-order valence-electron chi connectivity index (χ3n) is 2.85. The molecule has 5 heteroatoms. The molecule has 3 nitrogen and oxygen atoms in total. The number of rotatable bonds is 6. The lowest BCUT2D eigenvalue weighted by atomic mass is 10.1. The molecular weight excluding hydrogens is 274 g/mol. The Labute approximate surface area is 122 Å². The third kappa shape index (κ3) is 4.03. The van der Waals surface area contributed by atoms with Crippen LogP contribution in [-0.2, 0) is 0 Å². The van der Waals surface area contributed by atoms with Crippen molar-refractivity contribution in [3.8, 4) is 0 Å². The number of aromatic nitrogens is 2. The molecule has 2 rings (SSSR count). The van der Waals surface area contributed by atoms with Gasteiger partial charge in [-0.15, -0.1) is 10.2 Å². The van der Waals surface area contributed by atoms with Crippen LogP contribution in [0.1, 0.15) is 36.9 Å². The Balaban J connectivity index is 2.05. The summed E-state index contributed by atoms with van der Waals surface area (Å²) in [5.41, 5.74) is 1.35. The minimum atomic E-state index is 0.452. The average molecular weight is 293 g/mol. The van der Waals surface area contributed by atoms with Crippen molar-refractivity contribution in [2.75, 3.05) is 6.54 Å². The maximum Gasteiger partial charge on any atom is 0.179 e. The molecule has 0 saturated heterocycles. The van der Waals surface area contributed by atoms with E-state index < -0.39 is 0 Å². The second-order valence-corrected chi connectivity index (χ2v) is 6.78. The molecule has 0 radical (unpaired) electrons. The van der Waals surface area contributed by atoms with Crippen LogP contribution < -0.4 is 5.32 Å². The Kier molecular flexibility index (Phi) is 5.36. The van der Waals surface area contributed by atoms with Crippen molar-refractivity contribution in [1.82, 2.24) is 15.5 Å². The highest BCUT2D eigenvalue weighted by Crippen LogP contribution is 2.30. The zero-order chi connectivity index (χ0) is 13.7. The predicted molar refractivity (Wildman–Crippen MR) is 81.9 cm³/mol.